The molecule has 0 saturated carbocycles. The average Bonchev–Trinajstić information content (AvgIpc) is 2.72. The van der Waals surface area contributed by atoms with Crippen LogP contribution in [-0.4, -0.2) is 48.0 Å². The third-order valence-electron chi connectivity index (χ3n) is 4.47. The molecule has 2 aromatic carbocycles. The molecule has 1 N–H and O–H groups in total. The molecule has 0 aliphatic carbocycles. The van der Waals surface area contributed by atoms with Crippen LogP contribution >= 0.6 is 0 Å². The third kappa shape index (κ3) is 6.03. The molecule has 1 atom stereocenters. The van der Waals surface area contributed by atoms with Crippen LogP contribution in [0.15, 0.2) is 42.5 Å². The number of ether oxygens (including phenoxy) is 3. The number of nitrogens with zero attached hydrogens (tertiary/aromatic N) is 1. The van der Waals surface area contributed by atoms with Gasteiger partial charge in [-0.2, -0.15) is 0 Å². The van der Waals surface area contributed by atoms with Crippen LogP contribution in [0.5, 0.6) is 17.2 Å². The van der Waals surface area contributed by atoms with Gasteiger partial charge in [-0.1, -0.05) is 6.07 Å². The maximum atomic E-state index is 12.3. The summed E-state index contributed by atoms with van der Waals surface area (Å²) in [5, 5.41) is 2.87. The first kappa shape index (κ1) is 23.3. The Kier molecular flexibility index (Phi) is 7.93. The Hall–Kier alpha value is -2.94. The molecule has 8 nitrogen and oxygen atoms in total. The van der Waals surface area contributed by atoms with Gasteiger partial charge in [0.2, 0.25) is 10.0 Å². The van der Waals surface area contributed by atoms with Gasteiger partial charge in [0.15, 0.2) is 18.1 Å². The first-order valence-electron chi connectivity index (χ1n) is 9.41. The predicted molar refractivity (Wildman–Crippen MR) is 116 cm³/mol. The molecule has 2 rings (SSSR count). The molecule has 0 aliphatic heterocycles. The van der Waals surface area contributed by atoms with Crippen molar-refractivity contribution in [2.75, 3.05) is 37.9 Å². The fourth-order valence-electron chi connectivity index (χ4n) is 2.95. The molecule has 0 spiro atoms. The monoisotopic (exact) mass is 436 g/mol. The summed E-state index contributed by atoms with van der Waals surface area (Å²) in [6, 6.07) is 11.7. The summed E-state index contributed by atoms with van der Waals surface area (Å²) in [4.78, 5) is 12.3. The second-order valence-electron chi connectivity index (χ2n) is 6.61. The summed E-state index contributed by atoms with van der Waals surface area (Å²) in [5.74, 6) is 1.39. The minimum atomic E-state index is -3.34. The van der Waals surface area contributed by atoms with Crippen molar-refractivity contribution < 1.29 is 27.4 Å². The molecule has 0 saturated heterocycles. The lowest BCUT2D eigenvalue weighted by Crippen LogP contribution is -2.31. The normalized spacial score (nSPS) is 12.0. The van der Waals surface area contributed by atoms with Crippen LogP contribution in [0.3, 0.4) is 0 Å². The topological polar surface area (TPSA) is 94.2 Å². The number of benzene rings is 2. The molecule has 1 amide bonds. The van der Waals surface area contributed by atoms with Gasteiger partial charge in [0.25, 0.3) is 5.91 Å². The van der Waals surface area contributed by atoms with Crippen molar-refractivity contribution in [2.45, 2.75) is 19.9 Å². The molecule has 2 aromatic rings. The molecule has 0 aliphatic rings. The zero-order chi connectivity index (χ0) is 22.3. The number of methoxy groups -OCH3 is 2. The van der Waals surface area contributed by atoms with E-state index in [9.17, 15) is 13.2 Å². The van der Waals surface area contributed by atoms with E-state index < -0.39 is 10.0 Å². The highest BCUT2D eigenvalue weighted by molar-refractivity contribution is 7.92. The maximum Gasteiger partial charge on any atom is 0.258 e. The van der Waals surface area contributed by atoms with E-state index in [0.717, 1.165) is 11.8 Å². The number of anilines is 1. The smallest absolute Gasteiger partial charge is 0.258 e. The number of carbonyl (C=O) groups excluding carboxylic acids is 1. The van der Waals surface area contributed by atoms with E-state index in [0.29, 0.717) is 29.5 Å². The average molecular weight is 437 g/mol. The molecular weight excluding hydrogens is 408 g/mol. The second-order valence-corrected chi connectivity index (χ2v) is 8.52. The summed E-state index contributed by atoms with van der Waals surface area (Å²) < 4.78 is 40.9. The number of sulfonamides is 1. The Morgan fingerprint density at radius 3 is 2.23 bits per heavy atom. The van der Waals surface area contributed by atoms with Crippen molar-refractivity contribution in [3.8, 4) is 17.2 Å². The SMILES string of the molecule is CCN(c1ccc(OCC(=O)NC(C)c2ccc(OC)c(OC)c2)cc1)S(C)(=O)=O. The quantitative estimate of drug-likeness (QED) is 0.616. The first-order chi connectivity index (χ1) is 14.2. The fourth-order valence-corrected chi connectivity index (χ4v) is 3.93. The highest BCUT2D eigenvalue weighted by atomic mass is 32.2. The number of rotatable bonds is 10. The van der Waals surface area contributed by atoms with Gasteiger partial charge in [-0.25, -0.2) is 8.42 Å². The first-order valence-corrected chi connectivity index (χ1v) is 11.3. The van der Waals surface area contributed by atoms with E-state index in [2.05, 4.69) is 5.32 Å². The highest BCUT2D eigenvalue weighted by Crippen LogP contribution is 2.29. The van der Waals surface area contributed by atoms with Gasteiger partial charge in [0.05, 0.1) is 32.2 Å². The zero-order valence-electron chi connectivity index (χ0n) is 17.8. The molecule has 9 heteroatoms. The number of hydrogen-bond donors (Lipinski definition) is 1. The van der Waals surface area contributed by atoms with Gasteiger partial charge in [-0.05, 0) is 55.8 Å². The lowest BCUT2D eigenvalue weighted by atomic mass is 10.1. The number of carbonyl (C=O) groups is 1. The Morgan fingerprint density at radius 1 is 1.07 bits per heavy atom. The van der Waals surface area contributed by atoms with Gasteiger partial charge in [0, 0.05) is 6.54 Å². The fraction of sp³-hybridized carbons (Fsp3) is 0.381. The third-order valence-corrected chi connectivity index (χ3v) is 5.74. The van der Waals surface area contributed by atoms with Crippen LogP contribution in [0, 0.1) is 0 Å². The van der Waals surface area contributed by atoms with Gasteiger partial charge in [-0.3, -0.25) is 9.10 Å². The largest absolute Gasteiger partial charge is 0.493 e. The van der Waals surface area contributed by atoms with E-state index in [4.69, 9.17) is 14.2 Å². The molecule has 164 valence electrons. The van der Waals surface area contributed by atoms with Gasteiger partial charge in [-0.15, -0.1) is 0 Å². The van der Waals surface area contributed by atoms with Crippen molar-refractivity contribution in [2.24, 2.45) is 0 Å². The lowest BCUT2D eigenvalue weighted by molar-refractivity contribution is -0.123. The number of nitrogens with one attached hydrogen (secondary N) is 1. The number of hydrogen-bond acceptors (Lipinski definition) is 6. The Bertz CT molecular complexity index is 960. The van der Waals surface area contributed by atoms with Crippen LogP contribution in [0.25, 0.3) is 0 Å². The summed E-state index contributed by atoms with van der Waals surface area (Å²) in [6.45, 7) is 3.78. The molecule has 0 fully saturated rings. The Labute approximate surface area is 177 Å². The maximum absolute atomic E-state index is 12.3. The van der Waals surface area contributed by atoms with Crippen molar-refractivity contribution in [1.29, 1.82) is 0 Å². The van der Waals surface area contributed by atoms with E-state index in [1.807, 2.05) is 19.1 Å². The standard InChI is InChI=1S/C21H28N2O6S/c1-6-23(30(5,25)26)17-8-10-18(11-9-17)29-14-21(24)22-15(2)16-7-12-19(27-3)20(13-16)28-4/h7-13,15H,6,14H2,1-5H3,(H,22,24). The van der Waals surface area contributed by atoms with E-state index >= 15 is 0 Å². The summed E-state index contributed by atoms with van der Waals surface area (Å²) >= 11 is 0. The van der Waals surface area contributed by atoms with E-state index in [1.54, 1.807) is 51.5 Å². The minimum Gasteiger partial charge on any atom is -0.493 e. The molecular formula is C21H28N2O6S. The number of amides is 1. The van der Waals surface area contributed by atoms with Crippen LogP contribution in [0.1, 0.15) is 25.5 Å². The van der Waals surface area contributed by atoms with Crippen LogP contribution in [0.4, 0.5) is 5.69 Å². The van der Waals surface area contributed by atoms with E-state index in [-0.39, 0.29) is 18.6 Å². The van der Waals surface area contributed by atoms with Gasteiger partial charge in [0.1, 0.15) is 5.75 Å². The van der Waals surface area contributed by atoms with Crippen molar-refractivity contribution in [3.63, 3.8) is 0 Å². The Balaban J connectivity index is 1.94. The summed E-state index contributed by atoms with van der Waals surface area (Å²) in [7, 11) is -0.226. The lowest BCUT2D eigenvalue weighted by Gasteiger charge is -2.20. The predicted octanol–water partition coefficient (Wildman–Crippen LogP) is 2.75. The molecule has 0 heterocycles. The molecule has 0 aromatic heterocycles. The molecule has 0 radical (unpaired) electrons. The molecule has 0 bridgehead atoms. The zero-order valence-corrected chi connectivity index (χ0v) is 18.7. The van der Waals surface area contributed by atoms with Crippen LogP contribution in [-0.2, 0) is 14.8 Å². The van der Waals surface area contributed by atoms with E-state index in [1.165, 1.54) is 4.31 Å². The Morgan fingerprint density at radius 2 is 1.70 bits per heavy atom. The van der Waals surface area contributed by atoms with Gasteiger partial charge < -0.3 is 19.5 Å². The van der Waals surface area contributed by atoms with Gasteiger partial charge >= 0.3 is 0 Å². The van der Waals surface area contributed by atoms with Crippen molar-refractivity contribution in [1.82, 2.24) is 5.32 Å². The summed E-state index contributed by atoms with van der Waals surface area (Å²) in [6.07, 6.45) is 1.16. The van der Waals surface area contributed by atoms with Crippen LogP contribution < -0.4 is 23.8 Å². The highest BCUT2D eigenvalue weighted by Gasteiger charge is 2.16. The molecule has 1 unspecified atom stereocenters. The molecule has 30 heavy (non-hydrogen) atoms. The minimum absolute atomic E-state index is 0.166. The van der Waals surface area contributed by atoms with Crippen molar-refractivity contribution in [3.05, 3.63) is 48.0 Å². The second kappa shape index (κ2) is 10.2. The van der Waals surface area contributed by atoms with Crippen molar-refractivity contribution >= 4 is 21.6 Å². The van der Waals surface area contributed by atoms with Crippen LogP contribution in [0.2, 0.25) is 0 Å². The summed E-state index contributed by atoms with van der Waals surface area (Å²) in [5.41, 5.74) is 1.41.